The molecule has 0 aromatic heterocycles. The van der Waals surface area contributed by atoms with Crippen LogP contribution in [0.4, 0.5) is 5.69 Å². The van der Waals surface area contributed by atoms with Crippen LogP contribution in [0.1, 0.15) is 16.7 Å². The Balaban J connectivity index is 2.29. The third kappa shape index (κ3) is 3.31. The normalized spacial score (nSPS) is 10.3. The van der Waals surface area contributed by atoms with Gasteiger partial charge in [-0.1, -0.05) is 35.4 Å². The maximum absolute atomic E-state index is 7.71. The van der Waals surface area contributed by atoms with Crippen molar-refractivity contribution in [2.75, 3.05) is 11.9 Å². The summed E-state index contributed by atoms with van der Waals surface area (Å²) < 4.78 is 0. The second-order valence-electron chi connectivity index (χ2n) is 4.92. The van der Waals surface area contributed by atoms with Crippen molar-refractivity contribution in [3.8, 4) is 0 Å². The van der Waals surface area contributed by atoms with Crippen molar-refractivity contribution < 1.29 is 0 Å². The number of nitrogens with one attached hydrogen (secondary N) is 1. The highest BCUT2D eigenvalue weighted by Gasteiger charge is 2.10. The average Bonchev–Trinajstić information content (AvgIpc) is 2.38. The maximum Gasteiger partial charge on any atom is 0.124 e. The number of halogens is 1. The Morgan fingerprint density at radius 3 is 2.65 bits per heavy atom. The minimum atomic E-state index is 0.0849. The Kier molecular flexibility index (Phi) is 4.30. The molecule has 0 bridgehead atoms. The Labute approximate surface area is 124 Å². The third-order valence-corrected chi connectivity index (χ3v) is 3.40. The monoisotopic (exact) mass is 287 g/mol. The van der Waals surface area contributed by atoms with Gasteiger partial charge in [0.2, 0.25) is 0 Å². The van der Waals surface area contributed by atoms with E-state index in [0.29, 0.717) is 6.54 Å². The Morgan fingerprint density at radius 1 is 1.25 bits per heavy atom. The quantitative estimate of drug-likeness (QED) is 0.667. The Bertz CT molecular complexity index is 637. The number of hydrogen-bond donors (Lipinski definition) is 2. The molecule has 0 amide bonds. The van der Waals surface area contributed by atoms with Gasteiger partial charge in [0.1, 0.15) is 5.84 Å². The Morgan fingerprint density at radius 2 is 2.00 bits per heavy atom. The summed E-state index contributed by atoms with van der Waals surface area (Å²) in [6.07, 6.45) is 0. The second kappa shape index (κ2) is 5.97. The van der Waals surface area contributed by atoms with Gasteiger partial charge in [0.05, 0.1) is 0 Å². The zero-order valence-corrected chi connectivity index (χ0v) is 12.4. The van der Waals surface area contributed by atoms with E-state index >= 15 is 0 Å². The molecular formula is C16H18ClN3. The topological polar surface area (TPSA) is 53.1 Å². The van der Waals surface area contributed by atoms with Gasteiger partial charge in [0.15, 0.2) is 0 Å². The first kappa shape index (κ1) is 14.4. The van der Waals surface area contributed by atoms with Crippen LogP contribution in [0, 0.1) is 12.3 Å². The van der Waals surface area contributed by atoms with Crippen molar-refractivity contribution in [3.63, 3.8) is 0 Å². The van der Waals surface area contributed by atoms with Crippen molar-refractivity contribution in [1.82, 2.24) is 0 Å². The van der Waals surface area contributed by atoms with Crippen molar-refractivity contribution in [3.05, 3.63) is 64.2 Å². The summed E-state index contributed by atoms with van der Waals surface area (Å²) in [5, 5.41) is 8.44. The first-order valence-electron chi connectivity index (χ1n) is 6.38. The van der Waals surface area contributed by atoms with Gasteiger partial charge in [0.25, 0.3) is 0 Å². The molecule has 0 saturated heterocycles. The molecule has 0 saturated carbocycles. The van der Waals surface area contributed by atoms with Crippen LogP contribution in [-0.4, -0.2) is 12.9 Å². The van der Waals surface area contributed by atoms with E-state index in [1.165, 1.54) is 0 Å². The molecule has 0 aliphatic heterocycles. The molecule has 4 heteroatoms. The number of benzene rings is 2. The second-order valence-corrected chi connectivity index (χ2v) is 5.36. The number of nitrogen functional groups attached to an aromatic ring is 1. The summed E-state index contributed by atoms with van der Waals surface area (Å²) in [4.78, 5) is 2.07. The highest BCUT2D eigenvalue weighted by molar-refractivity contribution is 6.30. The van der Waals surface area contributed by atoms with Gasteiger partial charge in [-0.05, 0) is 36.8 Å². The van der Waals surface area contributed by atoms with Crippen LogP contribution >= 0.6 is 11.6 Å². The summed E-state index contributed by atoms with van der Waals surface area (Å²) in [5.41, 5.74) is 9.59. The van der Waals surface area contributed by atoms with Crippen molar-refractivity contribution >= 4 is 23.1 Å². The van der Waals surface area contributed by atoms with Gasteiger partial charge >= 0.3 is 0 Å². The fraction of sp³-hybridized carbons (Fsp3) is 0.188. The molecule has 0 aliphatic rings. The van der Waals surface area contributed by atoms with E-state index in [2.05, 4.69) is 4.90 Å². The highest BCUT2D eigenvalue weighted by Crippen LogP contribution is 2.23. The first-order chi connectivity index (χ1) is 9.47. The van der Waals surface area contributed by atoms with E-state index in [9.17, 15) is 0 Å². The van der Waals surface area contributed by atoms with Crippen LogP contribution in [0.25, 0.3) is 0 Å². The van der Waals surface area contributed by atoms with Gasteiger partial charge in [-0.3, -0.25) is 5.41 Å². The standard InChI is InChI=1S/C16H18ClN3/c1-11-6-7-15(14(8-11)16(18)19)20(2)10-12-4-3-5-13(17)9-12/h3-9H,10H2,1-2H3,(H3,18,19). The molecule has 0 spiro atoms. The van der Waals surface area contributed by atoms with Crippen LogP contribution in [0.5, 0.6) is 0 Å². The van der Waals surface area contributed by atoms with Crippen molar-refractivity contribution in [2.45, 2.75) is 13.5 Å². The van der Waals surface area contributed by atoms with Gasteiger partial charge in [-0.25, -0.2) is 0 Å². The van der Waals surface area contributed by atoms with Crippen LogP contribution in [0.2, 0.25) is 5.02 Å². The maximum atomic E-state index is 7.71. The largest absolute Gasteiger partial charge is 0.384 e. The lowest BCUT2D eigenvalue weighted by molar-refractivity contribution is 0.921. The summed E-state index contributed by atoms with van der Waals surface area (Å²) in [7, 11) is 1.98. The molecule has 0 unspecified atom stereocenters. The number of anilines is 1. The SMILES string of the molecule is Cc1ccc(N(C)Cc2cccc(Cl)c2)c(C(=N)N)c1. The summed E-state index contributed by atoms with van der Waals surface area (Å²) in [6.45, 7) is 2.71. The lowest BCUT2D eigenvalue weighted by Crippen LogP contribution is -2.22. The fourth-order valence-electron chi connectivity index (χ4n) is 2.19. The Hall–Kier alpha value is -2.00. The van der Waals surface area contributed by atoms with Crippen LogP contribution in [-0.2, 0) is 6.54 Å². The molecule has 0 aliphatic carbocycles. The zero-order valence-electron chi connectivity index (χ0n) is 11.7. The molecule has 3 nitrogen and oxygen atoms in total. The van der Waals surface area contributed by atoms with Crippen LogP contribution in [0.3, 0.4) is 0 Å². The van der Waals surface area contributed by atoms with Gasteiger partial charge in [-0.2, -0.15) is 0 Å². The van der Waals surface area contributed by atoms with Crippen molar-refractivity contribution in [1.29, 1.82) is 5.41 Å². The van der Waals surface area contributed by atoms with Gasteiger partial charge in [0, 0.05) is 29.9 Å². The molecule has 2 aromatic carbocycles. The smallest absolute Gasteiger partial charge is 0.124 e. The van der Waals surface area contributed by atoms with Crippen LogP contribution < -0.4 is 10.6 Å². The zero-order chi connectivity index (χ0) is 14.7. The first-order valence-corrected chi connectivity index (χ1v) is 6.76. The third-order valence-electron chi connectivity index (χ3n) is 3.16. The minimum absolute atomic E-state index is 0.0849. The average molecular weight is 288 g/mol. The summed E-state index contributed by atoms with van der Waals surface area (Å²) in [5.74, 6) is 0.0849. The molecule has 104 valence electrons. The van der Waals surface area contributed by atoms with Crippen molar-refractivity contribution in [2.24, 2.45) is 5.73 Å². The molecule has 0 atom stereocenters. The predicted molar refractivity (Wildman–Crippen MR) is 85.8 cm³/mol. The van der Waals surface area contributed by atoms with E-state index in [-0.39, 0.29) is 5.84 Å². The van der Waals surface area contributed by atoms with E-state index in [0.717, 1.165) is 27.4 Å². The summed E-state index contributed by atoms with van der Waals surface area (Å²) in [6, 6.07) is 13.7. The number of amidine groups is 1. The fourth-order valence-corrected chi connectivity index (χ4v) is 2.41. The van der Waals surface area contributed by atoms with E-state index in [1.54, 1.807) is 0 Å². The highest BCUT2D eigenvalue weighted by atomic mass is 35.5. The van der Waals surface area contributed by atoms with E-state index in [1.807, 2.05) is 56.4 Å². The molecule has 20 heavy (non-hydrogen) atoms. The predicted octanol–water partition coefficient (Wildman–Crippen LogP) is 3.57. The molecule has 0 fully saturated rings. The molecule has 3 N–H and O–H groups in total. The molecule has 2 rings (SSSR count). The lowest BCUT2D eigenvalue weighted by Gasteiger charge is -2.22. The molecule has 0 radical (unpaired) electrons. The van der Waals surface area contributed by atoms with Gasteiger partial charge in [-0.15, -0.1) is 0 Å². The van der Waals surface area contributed by atoms with E-state index in [4.69, 9.17) is 22.7 Å². The minimum Gasteiger partial charge on any atom is -0.384 e. The molecular weight excluding hydrogens is 270 g/mol. The number of rotatable bonds is 4. The number of nitrogens with two attached hydrogens (primary N) is 1. The molecule has 2 aromatic rings. The lowest BCUT2D eigenvalue weighted by atomic mass is 10.1. The van der Waals surface area contributed by atoms with E-state index < -0.39 is 0 Å². The summed E-state index contributed by atoms with van der Waals surface area (Å²) >= 11 is 6.00. The number of hydrogen-bond acceptors (Lipinski definition) is 2. The number of nitrogens with zero attached hydrogens (tertiary/aromatic N) is 1. The molecule has 0 heterocycles. The van der Waals surface area contributed by atoms with Gasteiger partial charge < -0.3 is 10.6 Å². The van der Waals surface area contributed by atoms with Crippen LogP contribution in [0.15, 0.2) is 42.5 Å². The number of aryl methyl sites for hydroxylation is 1.